The maximum atomic E-state index is 14.1. The molecule has 0 radical (unpaired) electrons. The molecule has 5 heterocycles. The van der Waals surface area contributed by atoms with Crippen LogP contribution >= 0.6 is 0 Å². The average molecular weight is 434 g/mol. The molecule has 0 aromatic carbocycles. The SMILES string of the molecule is CCc1nnn(-c2ccc(-n3ccc4cc(C(=O)N5CCC(C)(F)CC5)cnc43)nc2)n1. The molecule has 5 rings (SSSR count). The predicted molar refractivity (Wildman–Crippen MR) is 116 cm³/mol. The summed E-state index contributed by atoms with van der Waals surface area (Å²) in [6.45, 7) is 4.40. The van der Waals surface area contributed by atoms with Gasteiger partial charge in [0.25, 0.3) is 5.91 Å². The zero-order valence-electron chi connectivity index (χ0n) is 17.9. The van der Waals surface area contributed by atoms with Gasteiger partial charge >= 0.3 is 0 Å². The van der Waals surface area contributed by atoms with Crippen LogP contribution in [0, 0.1) is 0 Å². The maximum Gasteiger partial charge on any atom is 0.255 e. The van der Waals surface area contributed by atoms with Crippen LogP contribution in [0.4, 0.5) is 4.39 Å². The van der Waals surface area contributed by atoms with Gasteiger partial charge in [0.05, 0.1) is 11.8 Å². The van der Waals surface area contributed by atoms with Crippen LogP contribution in [0.3, 0.4) is 0 Å². The Hall–Kier alpha value is -3.69. The van der Waals surface area contributed by atoms with Crippen LogP contribution in [0.5, 0.6) is 0 Å². The fraction of sp³-hybridized carbons (Fsp3) is 0.364. The number of fused-ring (bicyclic) bond motifs is 1. The summed E-state index contributed by atoms with van der Waals surface area (Å²) in [4.78, 5) is 25.0. The van der Waals surface area contributed by atoms with E-state index in [1.165, 1.54) is 4.80 Å². The minimum Gasteiger partial charge on any atom is -0.338 e. The fourth-order valence-electron chi connectivity index (χ4n) is 3.82. The Morgan fingerprint density at radius 2 is 1.97 bits per heavy atom. The molecule has 0 atom stereocenters. The molecule has 1 amide bonds. The molecule has 1 aliphatic heterocycles. The summed E-state index contributed by atoms with van der Waals surface area (Å²) in [5, 5.41) is 13.1. The first-order valence-corrected chi connectivity index (χ1v) is 10.6. The number of alkyl halides is 1. The molecule has 1 fully saturated rings. The first-order chi connectivity index (χ1) is 15.4. The molecule has 0 aliphatic carbocycles. The zero-order valence-corrected chi connectivity index (χ0v) is 17.9. The van der Waals surface area contributed by atoms with E-state index in [4.69, 9.17) is 0 Å². The maximum absolute atomic E-state index is 14.1. The first kappa shape index (κ1) is 20.2. The van der Waals surface area contributed by atoms with Crippen molar-refractivity contribution in [3.05, 3.63) is 54.2 Å². The Morgan fingerprint density at radius 3 is 2.66 bits per heavy atom. The number of aromatic nitrogens is 7. The van der Waals surface area contributed by atoms with Crippen molar-refractivity contribution in [3.63, 3.8) is 0 Å². The fourth-order valence-corrected chi connectivity index (χ4v) is 3.82. The van der Waals surface area contributed by atoms with Crippen LogP contribution in [0.15, 0.2) is 42.9 Å². The van der Waals surface area contributed by atoms with Crippen molar-refractivity contribution in [2.45, 2.75) is 38.8 Å². The van der Waals surface area contributed by atoms with Gasteiger partial charge in [-0.15, -0.1) is 15.0 Å². The van der Waals surface area contributed by atoms with Gasteiger partial charge in [-0.3, -0.25) is 9.36 Å². The molecular weight excluding hydrogens is 411 g/mol. The standard InChI is InChI=1S/C22H23FN8O/c1-3-18-26-28-31(27-18)17-4-5-19(24-14-17)30-9-6-15-12-16(13-25-20(15)30)21(32)29-10-7-22(2,23)8-11-29/h4-6,9,12-14H,3,7-8,10-11H2,1-2H3. The van der Waals surface area contributed by atoms with E-state index < -0.39 is 5.67 Å². The van der Waals surface area contributed by atoms with Crippen molar-refractivity contribution in [2.24, 2.45) is 0 Å². The normalized spacial score (nSPS) is 15.9. The van der Waals surface area contributed by atoms with E-state index in [-0.39, 0.29) is 5.91 Å². The highest BCUT2D eigenvalue weighted by molar-refractivity contribution is 5.97. The van der Waals surface area contributed by atoms with E-state index in [1.54, 1.807) is 24.2 Å². The molecule has 1 saturated heterocycles. The van der Waals surface area contributed by atoms with Crippen molar-refractivity contribution in [1.29, 1.82) is 0 Å². The van der Waals surface area contributed by atoms with Crippen molar-refractivity contribution >= 4 is 16.9 Å². The third-order valence-corrected chi connectivity index (χ3v) is 5.85. The summed E-state index contributed by atoms with van der Waals surface area (Å²) in [7, 11) is 0. The lowest BCUT2D eigenvalue weighted by molar-refractivity contribution is 0.0504. The molecule has 0 N–H and O–H groups in total. The predicted octanol–water partition coefficient (Wildman–Crippen LogP) is 2.92. The minimum absolute atomic E-state index is 0.114. The Kier molecular flexibility index (Phi) is 4.91. The van der Waals surface area contributed by atoms with E-state index in [0.717, 1.165) is 5.39 Å². The van der Waals surface area contributed by atoms with Gasteiger partial charge in [0.2, 0.25) is 0 Å². The topological polar surface area (TPSA) is 94.6 Å². The largest absolute Gasteiger partial charge is 0.338 e. The molecular formula is C22H23FN8O. The number of nitrogens with zero attached hydrogens (tertiary/aromatic N) is 8. The van der Waals surface area contributed by atoms with Crippen LogP contribution in [0.1, 0.15) is 42.9 Å². The van der Waals surface area contributed by atoms with Gasteiger partial charge < -0.3 is 4.90 Å². The third-order valence-electron chi connectivity index (χ3n) is 5.85. The summed E-state index contributed by atoms with van der Waals surface area (Å²) >= 11 is 0. The molecule has 1 aliphatic rings. The van der Waals surface area contributed by atoms with E-state index >= 15 is 0 Å². The molecule has 0 bridgehead atoms. The highest BCUT2D eigenvalue weighted by Crippen LogP contribution is 2.27. The number of carbonyl (C=O) groups excluding carboxylic acids is 1. The van der Waals surface area contributed by atoms with Gasteiger partial charge in [0.15, 0.2) is 5.82 Å². The number of carbonyl (C=O) groups is 1. The van der Waals surface area contributed by atoms with E-state index in [0.29, 0.717) is 60.9 Å². The van der Waals surface area contributed by atoms with Gasteiger partial charge in [0, 0.05) is 37.3 Å². The molecule has 4 aromatic rings. The number of amides is 1. The summed E-state index contributed by atoms with van der Waals surface area (Å²) in [6.07, 6.45) is 6.54. The number of hydrogen-bond acceptors (Lipinski definition) is 6. The Balaban J connectivity index is 1.37. The van der Waals surface area contributed by atoms with Crippen molar-refractivity contribution in [2.75, 3.05) is 13.1 Å². The highest BCUT2D eigenvalue weighted by Gasteiger charge is 2.32. The zero-order chi connectivity index (χ0) is 22.3. The highest BCUT2D eigenvalue weighted by atomic mass is 19.1. The van der Waals surface area contributed by atoms with Crippen molar-refractivity contribution < 1.29 is 9.18 Å². The second kappa shape index (κ2) is 7.77. The number of tetrazole rings is 1. The van der Waals surface area contributed by atoms with Crippen LogP contribution < -0.4 is 0 Å². The number of aryl methyl sites for hydroxylation is 1. The number of likely N-dealkylation sites (tertiary alicyclic amines) is 1. The lowest BCUT2D eigenvalue weighted by atomic mass is 9.95. The second-order valence-electron chi connectivity index (χ2n) is 8.25. The van der Waals surface area contributed by atoms with Crippen molar-refractivity contribution in [1.82, 2.24) is 39.6 Å². The molecule has 0 saturated carbocycles. The van der Waals surface area contributed by atoms with Gasteiger partial charge in [-0.1, -0.05) is 6.92 Å². The minimum atomic E-state index is -1.19. The molecule has 10 heteroatoms. The van der Waals surface area contributed by atoms with E-state index in [1.807, 2.05) is 42.0 Å². The quantitative estimate of drug-likeness (QED) is 0.490. The monoisotopic (exact) mass is 434 g/mol. The lowest BCUT2D eigenvalue weighted by Gasteiger charge is -2.34. The van der Waals surface area contributed by atoms with E-state index in [2.05, 4.69) is 25.4 Å². The number of rotatable bonds is 4. The molecule has 4 aromatic heterocycles. The Labute approximate surface area is 183 Å². The average Bonchev–Trinajstić information content (AvgIpc) is 3.45. The third kappa shape index (κ3) is 3.72. The van der Waals surface area contributed by atoms with Gasteiger partial charge in [-0.05, 0) is 49.2 Å². The van der Waals surface area contributed by atoms with Crippen LogP contribution in [0.2, 0.25) is 0 Å². The summed E-state index contributed by atoms with van der Waals surface area (Å²) in [5.41, 5.74) is 0.721. The van der Waals surface area contributed by atoms with Gasteiger partial charge in [-0.25, -0.2) is 14.4 Å². The second-order valence-corrected chi connectivity index (χ2v) is 8.25. The Morgan fingerprint density at radius 1 is 1.16 bits per heavy atom. The van der Waals surface area contributed by atoms with Crippen LogP contribution in [0.25, 0.3) is 22.5 Å². The summed E-state index contributed by atoms with van der Waals surface area (Å²) in [6, 6.07) is 7.44. The number of halogens is 1. The molecule has 0 unspecified atom stereocenters. The first-order valence-electron chi connectivity index (χ1n) is 10.6. The number of piperidine rings is 1. The molecule has 9 nitrogen and oxygen atoms in total. The van der Waals surface area contributed by atoms with Crippen molar-refractivity contribution in [3.8, 4) is 11.5 Å². The number of pyridine rings is 2. The van der Waals surface area contributed by atoms with Crippen LogP contribution in [-0.4, -0.2) is 64.3 Å². The van der Waals surface area contributed by atoms with Crippen LogP contribution in [-0.2, 0) is 6.42 Å². The molecule has 32 heavy (non-hydrogen) atoms. The molecule has 164 valence electrons. The molecule has 0 spiro atoms. The Bertz CT molecular complexity index is 1270. The van der Waals surface area contributed by atoms with Gasteiger partial charge in [0.1, 0.15) is 22.8 Å². The number of hydrogen-bond donors (Lipinski definition) is 0. The summed E-state index contributed by atoms with van der Waals surface area (Å²) in [5.74, 6) is 1.24. The summed E-state index contributed by atoms with van der Waals surface area (Å²) < 4.78 is 15.9. The smallest absolute Gasteiger partial charge is 0.255 e. The lowest BCUT2D eigenvalue weighted by Crippen LogP contribution is -2.43. The van der Waals surface area contributed by atoms with E-state index in [9.17, 15) is 9.18 Å². The van der Waals surface area contributed by atoms with Gasteiger partial charge in [-0.2, -0.15) is 0 Å².